The van der Waals surface area contributed by atoms with Crippen molar-refractivity contribution in [2.24, 2.45) is 0 Å². The van der Waals surface area contributed by atoms with E-state index in [1.165, 1.54) is 61.6 Å². The van der Waals surface area contributed by atoms with Crippen LogP contribution < -0.4 is 9.47 Å². The van der Waals surface area contributed by atoms with E-state index in [9.17, 15) is 24.2 Å². The van der Waals surface area contributed by atoms with Gasteiger partial charge in [-0.05, 0) is 47.5 Å². The first-order valence-corrected chi connectivity index (χ1v) is 10.9. The highest BCUT2D eigenvalue weighted by Gasteiger charge is 2.46. The summed E-state index contributed by atoms with van der Waals surface area (Å²) < 4.78 is 24.2. The third-order valence-electron chi connectivity index (χ3n) is 5.76. The Kier molecular flexibility index (Phi) is 6.66. The van der Waals surface area contributed by atoms with Gasteiger partial charge in [-0.25, -0.2) is 4.39 Å². The number of phenols is 1. The fraction of sp³-hybridized carbons (Fsp3) is 0.154. The van der Waals surface area contributed by atoms with Crippen LogP contribution in [0.25, 0.3) is 5.76 Å². The summed E-state index contributed by atoms with van der Waals surface area (Å²) in [6.45, 7) is -0.0478. The number of ether oxygens (including phenoxy) is 2. The van der Waals surface area contributed by atoms with Gasteiger partial charge in [0.05, 0.1) is 30.9 Å². The van der Waals surface area contributed by atoms with E-state index in [2.05, 4.69) is 0 Å². The van der Waals surface area contributed by atoms with Crippen LogP contribution in [0.5, 0.6) is 17.2 Å². The Bertz CT molecular complexity index is 1320. The molecule has 7 nitrogen and oxygen atoms in total. The number of halogens is 2. The fourth-order valence-electron chi connectivity index (χ4n) is 4.09. The zero-order chi connectivity index (χ0) is 25.3. The summed E-state index contributed by atoms with van der Waals surface area (Å²) in [7, 11) is 2.80. The molecule has 35 heavy (non-hydrogen) atoms. The average Bonchev–Trinajstić information content (AvgIpc) is 3.11. The molecular weight excluding hydrogens is 477 g/mol. The van der Waals surface area contributed by atoms with Gasteiger partial charge in [-0.3, -0.25) is 9.59 Å². The van der Waals surface area contributed by atoms with Crippen molar-refractivity contribution in [1.29, 1.82) is 0 Å². The van der Waals surface area contributed by atoms with Crippen molar-refractivity contribution in [2.45, 2.75) is 12.6 Å². The second-order valence-electron chi connectivity index (χ2n) is 7.80. The minimum absolute atomic E-state index is 0.00439. The number of Topliss-reactive ketones (excluding diaryl/α,β-unsaturated/α-hetero) is 1. The average molecular weight is 498 g/mol. The lowest BCUT2D eigenvalue weighted by Gasteiger charge is -2.26. The lowest BCUT2D eigenvalue weighted by atomic mass is 9.94. The van der Waals surface area contributed by atoms with Crippen LogP contribution in [-0.4, -0.2) is 41.0 Å². The van der Waals surface area contributed by atoms with Crippen LogP contribution in [-0.2, 0) is 16.1 Å². The molecule has 1 unspecified atom stereocenters. The topological polar surface area (TPSA) is 96.3 Å². The summed E-state index contributed by atoms with van der Waals surface area (Å²) in [6.07, 6.45) is 0. The lowest BCUT2D eigenvalue weighted by Crippen LogP contribution is -2.29. The molecule has 9 heteroatoms. The highest BCUT2D eigenvalue weighted by Crippen LogP contribution is 2.44. The molecule has 1 aliphatic heterocycles. The van der Waals surface area contributed by atoms with Gasteiger partial charge in [-0.1, -0.05) is 35.9 Å². The van der Waals surface area contributed by atoms with Gasteiger partial charge in [-0.15, -0.1) is 0 Å². The highest BCUT2D eigenvalue weighted by atomic mass is 35.5. The maximum atomic E-state index is 13.4. The molecule has 1 atom stereocenters. The van der Waals surface area contributed by atoms with Crippen molar-refractivity contribution in [1.82, 2.24) is 4.90 Å². The summed E-state index contributed by atoms with van der Waals surface area (Å²) in [5, 5.41) is 21.3. The molecule has 0 spiro atoms. The van der Waals surface area contributed by atoms with Crippen molar-refractivity contribution in [3.63, 3.8) is 0 Å². The number of phenolic OH excluding ortho intramolecular Hbond substituents is 1. The largest absolute Gasteiger partial charge is 0.506 e. The van der Waals surface area contributed by atoms with Gasteiger partial charge in [0.1, 0.15) is 34.4 Å². The van der Waals surface area contributed by atoms with E-state index in [0.29, 0.717) is 11.1 Å². The number of carbonyl (C=O) groups excluding carboxylic acids is 2. The first kappa shape index (κ1) is 24.1. The van der Waals surface area contributed by atoms with Crippen LogP contribution in [0.3, 0.4) is 0 Å². The molecule has 3 aromatic rings. The van der Waals surface area contributed by atoms with E-state index < -0.39 is 29.3 Å². The summed E-state index contributed by atoms with van der Waals surface area (Å²) in [5.74, 6) is -2.44. The SMILES string of the molecule is COc1cccc(OC)c1/C(O)=C1\C(=O)C(=O)N(Cc2ccc(F)cc2)C1c1ccc(O)c(Cl)c1. The molecule has 180 valence electrons. The van der Waals surface area contributed by atoms with Crippen molar-refractivity contribution in [3.05, 3.63) is 93.8 Å². The second kappa shape index (κ2) is 9.68. The number of aromatic hydroxyl groups is 1. The van der Waals surface area contributed by atoms with E-state index in [4.69, 9.17) is 21.1 Å². The zero-order valence-corrected chi connectivity index (χ0v) is 19.5. The Morgan fingerprint density at radius 3 is 2.23 bits per heavy atom. The number of aliphatic hydroxyl groups excluding tert-OH is 1. The van der Waals surface area contributed by atoms with Crippen LogP contribution in [0.15, 0.2) is 66.2 Å². The molecule has 1 amide bonds. The Hall–Kier alpha value is -4.04. The summed E-state index contributed by atoms with van der Waals surface area (Å²) in [6, 6.07) is 13.5. The Morgan fingerprint density at radius 2 is 1.66 bits per heavy atom. The molecule has 1 fully saturated rings. The van der Waals surface area contributed by atoms with E-state index >= 15 is 0 Å². The molecule has 0 aromatic heterocycles. The number of carbonyl (C=O) groups is 2. The van der Waals surface area contributed by atoms with Gasteiger partial charge >= 0.3 is 0 Å². The maximum Gasteiger partial charge on any atom is 0.295 e. The number of rotatable bonds is 6. The van der Waals surface area contributed by atoms with E-state index in [1.807, 2.05) is 0 Å². The quantitative estimate of drug-likeness (QED) is 0.288. The van der Waals surface area contributed by atoms with Gasteiger partial charge in [0.2, 0.25) is 0 Å². The van der Waals surface area contributed by atoms with Crippen molar-refractivity contribution in [3.8, 4) is 17.2 Å². The molecule has 1 heterocycles. The van der Waals surface area contributed by atoms with Crippen LogP contribution in [0.2, 0.25) is 5.02 Å². The van der Waals surface area contributed by atoms with Crippen molar-refractivity contribution in [2.75, 3.05) is 14.2 Å². The van der Waals surface area contributed by atoms with Crippen LogP contribution in [0, 0.1) is 5.82 Å². The molecular formula is C26H21ClFNO6. The Labute approximate surface area is 205 Å². The van der Waals surface area contributed by atoms with Gasteiger partial charge < -0.3 is 24.6 Å². The van der Waals surface area contributed by atoms with E-state index in [0.717, 1.165) is 0 Å². The van der Waals surface area contributed by atoms with Crippen LogP contribution >= 0.6 is 11.6 Å². The smallest absolute Gasteiger partial charge is 0.295 e. The number of aliphatic hydroxyl groups is 1. The van der Waals surface area contributed by atoms with Crippen molar-refractivity contribution >= 4 is 29.1 Å². The summed E-state index contributed by atoms with van der Waals surface area (Å²) >= 11 is 6.13. The molecule has 0 saturated carbocycles. The fourth-order valence-corrected chi connectivity index (χ4v) is 4.28. The number of ketones is 1. The number of nitrogens with zero attached hydrogens (tertiary/aromatic N) is 1. The molecule has 0 aliphatic carbocycles. The zero-order valence-electron chi connectivity index (χ0n) is 18.8. The third-order valence-corrected chi connectivity index (χ3v) is 6.06. The number of hydrogen-bond acceptors (Lipinski definition) is 6. The first-order chi connectivity index (χ1) is 16.8. The number of hydrogen-bond donors (Lipinski definition) is 2. The highest BCUT2D eigenvalue weighted by molar-refractivity contribution is 6.46. The first-order valence-electron chi connectivity index (χ1n) is 10.5. The number of likely N-dealkylation sites (tertiary alicyclic amines) is 1. The van der Waals surface area contributed by atoms with E-state index in [1.54, 1.807) is 18.2 Å². The van der Waals surface area contributed by atoms with Crippen molar-refractivity contribution < 1.29 is 33.7 Å². The molecule has 1 saturated heterocycles. The third kappa shape index (κ3) is 4.40. The predicted octanol–water partition coefficient (Wildman–Crippen LogP) is 4.82. The molecule has 3 aromatic carbocycles. The number of benzene rings is 3. The second-order valence-corrected chi connectivity index (χ2v) is 8.21. The molecule has 2 N–H and O–H groups in total. The molecule has 1 aliphatic rings. The van der Waals surface area contributed by atoms with E-state index in [-0.39, 0.29) is 40.0 Å². The summed E-state index contributed by atoms with van der Waals surface area (Å²) in [5.41, 5.74) is 0.844. The Balaban J connectivity index is 1.94. The predicted molar refractivity (Wildman–Crippen MR) is 127 cm³/mol. The maximum absolute atomic E-state index is 13.4. The normalized spacial score (nSPS) is 17.0. The Morgan fingerprint density at radius 1 is 1.03 bits per heavy atom. The molecule has 0 bridgehead atoms. The standard InChI is InChI=1S/C26H21ClFNO6/c1-34-19-4-3-5-20(35-2)21(19)24(31)22-23(15-8-11-18(30)17(27)12-15)29(26(33)25(22)32)13-14-6-9-16(28)10-7-14/h3-12,23,30-31H,13H2,1-2H3/b24-22+. The van der Waals surface area contributed by atoms with Crippen LogP contribution in [0.4, 0.5) is 4.39 Å². The summed E-state index contributed by atoms with van der Waals surface area (Å²) in [4.78, 5) is 27.7. The van der Waals surface area contributed by atoms with Gasteiger partial charge in [-0.2, -0.15) is 0 Å². The number of methoxy groups -OCH3 is 2. The van der Waals surface area contributed by atoms with Crippen LogP contribution in [0.1, 0.15) is 22.7 Å². The van der Waals surface area contributed by atoms with Gasteiger partial charge in [0.15, 0.2) is 0 Å². The monoisotopic (exact) mass is 497 g/mol. The minimum atomic E-state index is -1.06. The number of amides is 1. The van der Waals surface area contributed by atoms with Gasteiger partial charge in [0, 0.05) is 6.54 Å². The minimum Gasteiger partial charge on any atom is -0.506 e. The van der Waals surface area contributed by atoms with Gasteiger partial charge in [0.25, 0.3) is 11.7 Å². The molecule has 0 radical (unpaired) electrons. The molecule has 4 rings (SSSR count). The lowest BCUT2D eigenvalue weighted by molar-refractivity contribution is -0.140.